The van der Waals surface area contributed by atoms with Crippen molar-refractivity contribution < 1.29 is 22.7 Å². The van der Waals surface area contributed by atoms with Crippen molar-refractivity contribution in [1.82, 2.24) is 4.57 Å². The van der Waals surface area contributed by atoms with E-state index in [0.29, 0.717) is 16.6 Å². The van der Waals surface area contributed by atoms with Gasteiger partial charge in [0.25, 0.3) is 15.9 Å². The SMILES string of the molecule is COC(=O)c1cn(C(=O)CN(c2ccc(C)cc2C)S(=O)(=O)c2ccccc2)c2ccccc12. The number of methoxy groups -OCH3 is 1. The van der Waals surface area contributed by atoms with Crippen LogP contribution in [-0.4, -0.2) is 38.5 Å². The third kappa shape index (κ3) is 4.20. The van der Waals surface area contributed by atoms with Gasteiger partial charge in [0.1, 0.15) is 6.54 Å². The number of fused-ring (bicyclic) bond motifs is 1. The van der Waals surface area contributed by atoms with Gasteiger partial charge >= 0.3 is 5.97 Å². The van der Waals surface area contributed by atoms with Gasteiger partial charge in [-0.15, -0.1) is 0 Å². The molecule has 0 aliphatic rings. The number of para-hydroxylation sites is 1. The molecular formula is C26H24N2O5S. The van der Waals surface area contributed by atoms with Gasteiger partial charge in [-0.1, -0.05) is 54.1 Å². The van der Waals surface area contributed by atoms with Gasteiger partial charge < -0.3 is 4.74 Å². The molecule has 174 valence electrons. The Morgan fingerprint density at radius 3 is 2.29 bits per heavy atom. The van der Waals surface area contributed by atoms with E-state index in [1.165, 1.54) is 30.0 Å². The number of carbonyl (C=O) groups is 2. The Hall–Kier alpha value is -3.91. The normalized spacial score (nSPS) is 11.4. The number of rotatable bonds is 6. The molecule has 4 aromatic rings. The third-order valence-corrected chi connectivity index (χ3v) is 7.39. The Balaban J connectivity index is 1.83. The van der Waals surface area contributed by atoms with E-state index in [2.05, 4.69) is 0 Å². The van der Waals surface area contributed by atoms with E-state index in [9.17, 15) is 18.0 Å². The number of sulfonamides is 1. The molecular weight excluding hydrogens is 452 g/mol. The average Bonchev–Trinajstić information content (AvgIpc) is 3.23. The lowest BCUT2D eigenvalue weighted by molar-refractivity contribution is 0.0603. The molecule has 0 N–H and O–H groups in total. The summed E-state index contributed by atoms with van der Waals surface area (Å²) in [7, 11) is -2.78. The van der Waals surface area contributed by atoms with Crippen LogP contribution in [0.2, 0.25) is 0 Å². The Labute approximate surface area is 198 Å². The predicted octanol–water partition coefficient (Wildman–Crippen LogP) is 4.58. The molecule has 0 radical (unpaired) electrons. The molecule has 0 unspecified atom stereocenters. The van der Waals surface area contributed by atoms with Crippen molar-refractivity contribution >= 4 is 38.5 Å². The second-order valence-electron chi connectivity index (χ2n) is 7.93. The maximum atomic E-state index is 13.7. The number of hydrogen-bond acceptors (Lipinski definition) is 5. The number of ether oxygens (including phenoxy) is 1. The van der Waals surface area contributed by atoms with Crippen molar-refractivity contribution in [1.29, 1.82) is 0 Å². The van der Waals surface area contributed by atoms with Gasteiger partial charge in [0, 0.05) is 11.6 Å². The number of aromatic nitrogens is 1. The lowest BCUT2D eigenvalue weighted by Crippen LogP contribution is -2.38. The maximum absolute atomic E-state index is 13.7. The van der Waals surface area contributed by atoms with Crippen LogP contribution < -0.4 is 4.31 Å². The smallest absolute Gasteiger partial charge is 0.340 e. The Bertz CT molecular complexity index is 1490. The van der Waals surface area contributed by atoms with Crippen LogP contribution in [0.4, 0.5) is 5.69 Å². The number of carbonyl (C=O) groups excluding carboxylic acids is 2. The summed E-state index contributed by atoms with van der Waals surface area (Å²) >= 11 is 0. The summed E-state index contributed by atoms with van der Waals surface area (Å²) in [5.41, 5.74) is 2.83. The van der Waals surface area contributed by atoms with Crippen LogP contribution in [0.1, 0.15) is 26.3 Å². The first kappa shape index (κ1) is 23.3. The summed E-state index contributed by atoms with van der Waals surface area (Å²) < 4.78 is 34.6. The highest BCUT2D eigenvalue weighted by molar-refractivity contribution is 7.92. The Kier molecular flexibility index (Phi) is 6.26. The van der Waals surface area contributed by atoms with Crippen molar-refractivity contribution in [2.24, 2.45) is 0 Å². The quantitative estimate of drug-likeness (QED) is 0.380. The molecule has 7 nitrogen and oxygen atoms in total. The summed E-state index contributed by atoms with van der Waals surface area (Å²) in [6.45, 7) is 3.26. The van der Waals surface area contributed by atoms with Crippen LogP contribution in [0.3, 0.4) is 0 Å². The summed E-state index contributed by atoms with van der Waals surface area (Å²) in [5, 5.41) is 0.548. The molecule has 0 spiro atoms. The highest BCUT2D eigenvalue weighted by Gasteiger charge is 2.29. The van der Waals surface area contributed by atoms with E-state index in [1.54, 1.807) is 61.5 Å². The number of anilines is 1. The lowest BCUT2D eigenvalue weighted by Gasteiger charge is -2.26. The minimum absolute atomic E-state index is 0.0791. The Morgan fingerprint density at radius 1 is 0.941 bits per heavy atom. The fourth-order valence-corrected chi connectivity index (χ4v) is 5.46. The number of benzene rings is 3. The van der Waals surface area contributed by atoms with Crippen molar-refractivity contribution in [2.45, 2.75) is 18.7 Å². The first-order chi connectivity index (χ1) is 16.2. The first-order valence-electron chi connectivity index (χ1n) is 10.6. The molecule has 0 atom stereocenters. The summed E-state index contributed by atoms with van der Waals surface area (Å²) in [5.74, 6) is -1.09. The molecule has 4 rings (SSSR count). The van der Waals surface area contributed by atoms with Crippen LogP contribution in [0, 0.1) is 13.8 Å². The molecule has 1 aromatic heterocycles. The highest BCUT2D eigenvalue weighted by Crippen LogP contribution is 2.29. The van der Waals surface area contributed by atoms with Crippen molar-refractivity contribution in [2.75, 3.05) is 18.0 Å². The summed E-state index contributed by atoms with van der Waals surface area (Å²) in [6.07, 6.45) is 1.40. The number of esters is 1. The highest BCUT2D eigenvalue weighted by atomic mass is 32.2. The molecule has 3 aromatic carbocycles. The van der Waals surface area contributed by atoms with Gasteiger partial charge in [0.2, 0.25) is 0 Å². The minimum Gasteiger partial charge on any atom is -0.465 e. The molecule has 0 amide bonds. The van der Waals surface area contributed by atoms with Gasteiger partial charge in [0.05, 0.1) is 28.8 Å². The van der Waals surface area contributed by atoms with E-state index in [1.807, 2.05) is 13.0 Å². The molecule has 0 aliphatic heterocycles. The average molecular weight is 477 g/mol. The second-order valence-corrected chi connectivity index (χ2v) is 9.79. The molecule has 1 heterocycles. The summed E-state index contributed by atoms with van der Waals surface area (Å²) in [4.78, 5) is 25.9. The van der Waals surface area contributed by atoms with E-state index < -0.39 is 28.4 Å². The third-order valence-electron chi connectivity index (χ3n) is 5.62. The monoisotopic (exact) mass is 476 g/mol. The van der Waals surface area contributed by atoms with Gasteiger partial charge in [-0.05, 0) is 43.7 Å². The van der Waals surface area contributed by atoms with Gasteiger partial charge in [0.15, 0.2) is 0 Å². The van der Waals surface area contributed by atoms with Crippen LogP contribution in [0.25, 0.3) is 10.9 Å². The van der Waals surface area contributed by atoms with Crippen LogP contribution >= 0.6 is 0 Å². The van der Waals surface area contributed by atoms with E-state index in [4.69, 9.17) is 4.74 Å². The predicted molar refractivity (Wildman–Crippen MR) is 131 cm³/mol. The van der Waals surface area contributed by atoms with Gasteiger partial charge in [-0.2, -0.15) is 0 Å². The van der Waals surface area contributed by atoms with Gasteiger partial charge in [-0.25, -0.2) is 13.2 Å². The second kappa shape index (κ2) is 9.15. The maximum Gasteiger partial charge on any atom is 0.340 e. The van der Waals surface area contributed by atoms with Crippen molar-refractivity contribution in [3.8, 4) is 0 Å². The fraction of sp³-hybridized carbons (Fsp3) is 0.154. The molecule has 8 heteroatoms. The van der Waals surface area contributed by atoms with E-state index in [-0.39, 0.29) is 10.5 Å². The number of nitrogens with zero attached hydrogens (tertiary/aromatic N) is 2. The largest absolute Gasteiger partial charge is 0.465 e. The minimum atomic E-state index is -4.05. The molecule has 0 saturated carbocycles. The molecule has 0 aliphatic carbocycles. The molecule has 0 bridgehead atoms. The van der Waals surface area contributed by atoms with E-state index >= 15 is 0 Å². The number of hydrogen-bond donors (Lipinski definition) is 0. The van der Waals surface area contributed by atoms with Crippen LogP contribution in [-0.2, 0) is 14.8 Å². The van der Waals surface area contributed by atoms with Crippen LogP contribution in [0.15, 0.2) is 83.9 Å². The zero-order valence-corrected chi connectivity index (χ0v) is 19.9. The Morgan fingerprint density at radius 2 is 1.62 bits per heavy atom. The van der Waals surface area contributed by atoms with Crippen molar-refractivity contribution in [3.63, 3.8) is 0 Å². The zero-order chi connectivity index (χ0) is 24.5. The molecule has 0 saturated heterocycles. The lowest BCUT2D eigenvalue weighted by atomic mass is 10.1. The van der Waals surface area contributed by atoms with Crippen LogP contribution in [0.5, 0.6) is 0 Å². The molecule has 34 heavy (non-hydrogen) atoms. The van der Waals surface area contributed by atoms with Gasteiger partial charge in [-0.3, -0.25) is 13.7 Å². The summed E-state index contributed by atoms with van der Waals surface area (Å²) in [6, 6.07) is 20.3. The van der Waals surface area contributed by atoms with Crippen molar-refractivity contribution in [3.05, 3.63) is 95.7 Å². The fourth-order valence-electron chi connectivity index (χ4n) is 3.96. The first-order valence-corrected chi connectivity index (χ1v) is 12.0. The van der Waals surface area contributed by atoms with E-state index in [0.717, 1.165) is 15.4 Å². The zero-order valence-electron chi connectivity index (χ0n) is 19.1. The standard InChI is InChI=1S/C26H24N2O5S/c1-18-13-14-23(19(2)15-18)28(34(31,32)20-9-5-4-6-10-20)17-25(29)27-16-22(26(30)33-3)21-11-7-8-12-24(21)27/h4-16H,17H2,1-3H3. The molecule has 0 fully saturated rings. The topological polar surface area (TPSA) is 85.7 Å². The number of aryl methyl sites for hydroxylation is 2.